The summed E-state index contributed by atoms with van der Waals surface area (Å²) in [5.74, 6) is 0.385. The molecule has 0 saturated carbocycles. The normalized spacial score (nSPS) is 16.6. The fourth-order valence-corrected chi connectivity index (χ4v) is 3.93. The number of carbonyl (C=O) groups is 1. The molecule has 1 amide bonds. The first-order valence-electron chi connectivity index (χ1n) is 9.88. The second-order valence-electron chi connectivity index (χ2n) is 7.36. The van der Waals surface area contributed by atoms with Gasteiger partial charge < -0.3 is 9.88 Å². The van der Waals surface area contributed by atoms with Gasteiger partial charge in [-0.15, -0.1) is 0 Å². The highest BCUT2D eigenvalue weighted by Crippen LogP contribution is 2.22. The number of hydrazone groups is 1. The predicted molar refractivity (Wildman–Crippen MR) is 117 cm³/mol. The minimum atomic E-state index is -3.75. The van der Waals surface area contributed by atoms with Crippen LogP contribution in [0.3, 0.4) is 0 Å². The number of aryl methyl sites for hydroxylation is 1. The SMILES string of the molecule is CN1/N=C\c2cc3cnc(Nc4ccc(S(N)(=O)=O)cc4)nc3n2CCCCCC1=O. The standard InChI is InChI=1S/C20H23N7O3S/c1-26-18(28)5-3-2-4-10-27-16(13-23-26)11-14-12-22-20(25-19(14)27)24-15-6-8-17(9-7-15)31(21,29)30/h6-9,11-13H,2-5,10H2,1H3,(H2,21,29,30)(H,22,24,25)/b23-13-. The van der Waals surface area contributed by atoms with E-state index in [1.807, 2.05) is 6.07 Å². The summed E-state index contributed by atoms with van der Waals surface area (Å²) in [7, 11) is -2.09. The second kappa shape index (κ2) is 8.44. The Bertz CT molecular complexity index is 1250. The van der Waals surface area contributed by atoms with Crippen molar-refractivity contribution in [3.8, 4) is 0 Å². The van der Waals surface area contributed by atoms with Crippen LogP contribution in [0.1, 0.15) is 31.4 Å². The smallest absolute Gasteiger partial charge is 0.242 e. The fourth-order valence-electron chi connectivity index (χ4n) is 3.41. The van der Waals surface area contributed by atoms with Gasteiger partial charge >= 0.3 is 0 Å². The third kappa shape index (κ3) is 4.72. The van der Waals surface area contributed by atoms with Gasteiger partial charge in [-0.1, -0.05) is 6.42 Å². The van der Waals surface area contributed by atoms with Crippen LogP contribution in [0.4, 0.5) is 11.6 Å². The summed E-state index contributed by atoms with van der Waals surface area (Å²) in [5, 5.41) is 14.7. The summed E-state index contributed by atoms with van der Waals surface area (Å²) in [6.45, 7) is 0.752. The number of amides is 1. The molecule has 0 unspecified atom stereocenters. The molecule has 1 aromatic carbocycles. The monoisotopic (exact) mass is 441 g/mol. The molecule has 0 spiro atoms. The molecule has 1 aliphatic rings. The Morgan fingerprint density at radius 1 is 1.13 bits per heavy atom. The quantitative estimate of drug-likeness (QED) is 0.639. The number of fused-ring (bicyclic) bond motifs is 3. The Labute approximate surface area is 179 Å². The molecular formula is C20H23N7O3S. The van der Waals surface area contributed by atoms with Gasteiger partial charge in [-0.2, -0.15) is 10.1 Å². The molecule has 0 atom stereocenters. The van der Waals surface area contributed by atoms with Crippen LogP contribution in [-0.2, 0) is 21.4 Å². The number of nitrogens with one attached hydrogen (secondary N) is 1. The van der Waals surface area contributed by atoms with Crippen molar-refractivity contribution in [2.24, 2.45) is 10.2 Å². The summed E-state index contributed by atoms with van der Waals surface area (Å²) >= 11 is 0. The van der Waals surface area contributed by atoms with Crippen LogP contribution in [0.2, 0.25) is 0 Å². The molecule has 3 aromatic rings. The van der Waals surface area contributed by atoms with Crippen molar-refractivity contribution >= 4 is 44.8 Å². The van der Waals surface area contributed by atoms with Crippen LogP contribution in [0.25, 0.3) is 11.0 Å². The van der Waals surface area contributed by atoms with Crippen molar-refractivity contribution in [2.45, 2.75) is 37.1 Å². The minimum absolute atomic E-state index is 0.000503. The van der Waals surface area contributed by atoms with Gasteiger partial charge in [-0.25, -0.2) is 23.5 Å². The highest BCUT2D eigenvalue weighted by Gasteiger charge is 2.14. The Morgan fingerprint density at radius 2 is 1.90 bits per heavy atom. The Kier molecular flexibility index (Phi) is 5.70. The maximum absolute atomic E-state index is 12.1. The van der Waals surface area contributed by atoms with Crippen LogP contribution in [-0.4, -0.2) is 47.1 Å². The third-order valence-electron chi connectivity index (χ3n) is 5.10. The summed E-state index contributed by atoms with van der Waals surface area (Å²) in [6.07, 6.45) is 6.56. The van der Waals surface area contributed by atoms with Gasteiger partial charge in [0.05, 0.1) is 16.8 Å². The number of nitrogens with two attached hydrogens (primary N) is 1. The van der Waals surface area contributed by atoms with Crippen LogP contribution in [0.5, 0.6) is 0 Å². The van der Waals surface area contributed by atoms with Crippen LogP contribution < -0.4 is 10.5 Å². The number of nitrogens with zero attached hydrogens (tertiary/aromatic N) is 5. The molecule has 162 valence electrons. The van der Waals surface area contributed by atoms with Crippen LogP contribution in [0, 0.1) is 0 Å². The van der Waals surface area contributed by atoms with Gasteiger partial charge in [0, 0.05) is 37.3 Å². The van der Waals surface area contributed by atoms with Gasteiger partial charge in [0.15, 0.2) is 0 Å². The van der Waals surface area contributed by atoms with E-state index in [4.69, 9.17) is 5.14 Å². The molecule has 0 radical (unpaired) electrons. The van der Waals surface area contributed by atoms with Gasteiger partial charge in [-0.3, -0.25) is 4.79 Å². The van der Waals surface area contributed by atoms with Crippen molar-refractivity contribution in [3.63, 3.8) is 0 Å². The molecule has 0 aliphatic carbocycles. The van der Waals surface area contributed by atoms with Gasteiger partial charge in [-0.05, 0) is 43.2 Å². The zero-order valence-corrected chi connectivity index (χ0v) is 17.8. The number of anilines is 2. The van der Waals surface area contributed by atoms with Crippen LogP contribution in [0.15, 0.2) is 46.5 Å². The molecule has 0 fully saturated rings. The Morgan fingerprint density at radius 3 is 2.65 bits per heavy atom. The van der Waals surface area contributed by atoms with E-state index in [1.165, 1.54) is 17.1 Å². The molecule has 2 aromatic heterocycles. The van der Waals surface area contributed by atoms with E-state index in [-0.39, 0.29) is 10.8 Å². The number of primary sulfonamides is 1. The highest BCUT2D eigenvalue weighted by molar-refractivity contribution is 7.89. The zero-order valence-electron chi connectivity index (χ0n) is 17.0. The van der Waals surface area contributed by atoms with E-state index in [2.05, 4.69) is 25.0 Å². The summed E-state index contributed by atoms with van der Waals surface area (Å²) in [5.41, 5.74) is 2.24. The van der Waals surface area contributed by atoms with Crippen LogP contribution >= 0.6 is 0 Å². The zero-order chi connectivity index (χ0) is 22.0. The van der Waals surface area contributed by atoms with E-state index in [0.717, 1.165) is 42.5 Å². The number of benzene rings is 1. The lowest BCUT2D eigenvalue weighted by Gasteiger charge is -2.09. The molecule has 31 heavy (non-hydrogen) atoms. The second-order valence-corrected chi connectivity index (χ2v) is 8.92. The van der Waals surface area contributed by atoms with Gasteiger partial charge in [0.25, 0.3) is 0 Å². The number of rotatable bonds is 3. The molecule has 3 N–H and O–H groups in total. The summed E-state index contributed by atoms with van der Waals surface area (Å²) in [6, 6.07) is 8.00. The summed E-state index contributed by atoms with van der Waals surface area (Å²) in [4.78, 5) is 21.1. The average molecular weight is 442 g/mol. The number of hydrogen-bond donors (Lipinski definition) is 2. The van der Waals surface area contributed by atoms with E-state index in [1.54, 1.807) is 31.6 Å². The topological polar surface area (TPSA) is 136 Å². The van der Waals surface area contributed by atoms with E-state index in [0.29, 0.717) is 18.1 Å². The molecule has 1 aliphatic heterocycles. The third-order valence-corrected chi connectivity index (χ3v) is 6.03. The Balaban J connectivity index is 1.65. The first-order valence-corrected chi connectivity index (χ1v) is 11.4. The molecular weight excluding hydrogens is 418 g/mol. The van der Waals surface area contributed by atoms with E-state index >= 15 is 0 Å². The lowest BCUT2D eigenvalue weighted by Crippen LogP contribution is -2.20. The van der Waals surface area contributed by atoms with Crippen molar-refractivity contribution in [3.05, 3.63) is 42.2 Å². The van der Waals surface area contributed by atoms with Gasteiger partial charge in [0.1, 0.15) is 5.65 Å². The van der Waals surface area contributed by atoms with E-state index in [9.17, 15) is 13.2 Å². The average Bonchev–Trinajstić information content (AvgIpc) is 3.06. The molecule has 10 nitrogen and oxygen atoms in total. The molecule has 4 rings (SSSR count). The number of sulfonamides is 1. The molecule has 11 heteroatoms. The minimum Gasteiger partial charge on any atom is -0.324 e. The predicted octanol–water partition coefficient (Wildman–Crippen LogP) is 2.19. The molecule has 0 bridgehead atoms. The number of hydrogen-bond acceptors (Lipinski definition) is 7. The molecule has 3 heterocycles. The maximum atomic E-state index is 12.1. The van der Waals surface area contributed by atoms with E-state index < -0.39 is 10.0 Å². The lowest BCUT2D eigenvalue weighted by molar-refractivity contribution is -0.130. The van der Waals surface area contributed by atoms with Gasteiger partial charge in [0.2, 0.25) is 21.9 Å². The van der Waals surface area contributed by atoms with Crippen molar-refractivity contribution in [2.75, 3.05) is 12.4 Å². The molecule has 0 saturated heterocycles. The number of carbonyl (C=O) groups excluding carboxylic acids is 1. The largest absolute Gasteiger partial charge is 0.324 e. The summed E-state index contributed by atoms with van der Waals surface area (Å²) < 4.78 is 24.9. The van der Waals surface area contributed by atoms with Crippen molar-refractivity contribution < 1.29 is 13.2 Å². The first-order chi connectivity index (χ1) is 14.8. The lowest BCUT2D eigenvalue weighted by atomic mass is 10.2. The highest BCUT2D eigenvalue weighted by atomic mass is 32.2. The Hall–Kier alpha value is -3.31. The van der Waals surface area contributed by atoms with Crippen molar-refractivity contribution in [1.82, 2.24) is 19.5 Å². The van der Waals surface area contributed by atoms with Crippen molar-refractivity contribution in [1.29, 1.82) is 0 Å². The maximum Gasteiger partial charge on any atom is 0.242 e. The fraction of sp³-hybridized carbons (Fsp3) is 0.300. The number of aromatic nitrogens is 3. The first kappa shape index (κ1) is 20.9.